The van der Waals surface area contributed by atoms with Gasteiger partial charge >= 0.3 is 0 Å². The third-order valence-corrected chi connectivity index (χ3v) is 3.91. The average Bonchev–Trinajstić information content (AvgIpc) is 2.21. The molecule has 0 heterocycles. The van der Waals surface area contributed by atoms with Crippen LogP contribution in [0.4, 0.5) is 0 Å². The molecule has 0 fully saturated rings. The minimum absolute atomic E-state index is 0.302. The molecule has 1 aromatic rings. The van der Waals surface area contributed by atoms with Crippen LogP contribution >= 0.6 is 11.6 Å². The van der Waals surface area contributed by atoms with Crippen molar-refractivity contribution in [3.05, 3.63) is 33.8 Å². The van der Waals surface area contributed by atoms with Crippen LogP contribution < -0.4 is 5.73 Å². The summed E-state index contributed by atoms with van der Waals surface area (Å²) >= 11 is 6.28. The topological polar surface area (TPSA) is 26.0 Å². The molecule has 0 saturated carbocycles. The zero-order valence-electron chi connectivity index (χ0n) is 11.4. The number of halogens is 1. The van der Waals surface area contributed by atoms with Crippen LogP contribution in [0.2, 0.25) is 5.02 Å². The summed E-state index contributed by atoms with van der Waals surface area (Å²) in [5.41, 5.74) is 9.78. The van der Waals surface area contributed by atoms with Crippen molar-refractivity contribution < 1.29 is 0 Å². The van der Waals surface area contributed by atoms with Gasteiger partial charge in [-0.05, 0) is 67.8 Å². The Balaban J connectivity index is 2.73. The molecule has 2 N–H and O–H groups in total. The second-order valence-corrected chi connectivity index (χ2v) is 6.14. The van der Waals surface area contributed by atoms with Crippen LogP contribution in [0.15, 0.2) is 12.1 Å². The number of aryl methyl sites for hydroxylation is 3. The molecule has 0 aliphatic heterocycles. The van der Waals surface area contributed by atoms with Gasteiger partial charge in [-0.2, -0.15) is 0 Å². The number of benzene rings is 1. The summed E-state index contributed by atoms with van der Waals surface area (Å²) in [4.78, 5) is 0. The monoisotopic (exact) mass is 253 g/mol. The number of hydrogen-bond donors (Lipinski definition) is 1. The molecule has 0 atom stereocenters. The molecular formula is C15H24ClN. The van der Waals surface area contributed by atoms with Crippen molar-refractivity contribution in [2.45, 2.75) is 47.0 Å². The first-order chi connectivity index (χ1) is 7.85. The van der Waals surface area contributed by atoms with Gasteiger partial charge in [0.15, 0.2) is 0 Å². The zero-order valence-corrected chi connectivity index (χ0v) is 12.2. The van der Waals surface area contributed by atoms with E-state index in [0.717, 1.165) is 30.8 Å². The minimum Gasteiger partial charge on any atom is -0.330 e. The van der Waals surface area contributed by atoms with E-state index >= 15 is 0 Å². The van der Waals surface area contributed by atoms with Crippen LogP contribution in [0.5, 0.6) is 0 Å². The maximum atomic E-state index is 6.28. The molecule has 0 aliphatic rings. The van der Waals surface area contributed by atoms with E-state index in [9.17, 15) is 0 Å². The van der Waals surface area contributed by atoms with Gasteiger partial charge in [0.1, 0.15) is 0 Å². The predicted octanol–water partition coefficient (Wildman–Crippen LogP) is 4.26. The van der Waals surface area contributed by atoms with Crippen molar-refractivity contribution in [1.82, 2.24) is 0 Å². The van der Waals surface area contributed by atoms with E-state index in [4.69, 9.17) is 17.3 Å². The lowest BCUT2D eigenvalue weighted by atomic mass is 9.83. The van der Waals surface area contributed by atoms with Gasteiger partial charge in [0, 0.05) is 5.02 Å². The van der Waals surface area contributed by atoms with E-state index in [1.54, 1.807) is 0 Å². The van der Waals surface area contributed by atoms with Gasteiger partial charge in [-0.15, -0.1) is 0 Å². The van der Waals surface area contributed by atoms with Crippen LogP contribution in [0.3, 0.4) is 0 Å². The van der Waals surface area contributed by atoms with E-state index in [1.165, 1.54) is 16.7 Å². The predicted molar refractivity (Wildman–Crippen MR) is 76.7 cm³/mol. The molecule has 17 heavy (non-hydrogen) atoms. The first-order valence-electron chi connectivity index (χ1n) is 6.31. The van der Waals surface area contributed by atoms with Gasteiger partial charge in [-0.25, -0.2) is 0 Å². The highest BCUT2D eigenvalue weighted by Crippen LogP contribution is 2.29. The SMILES string of the molecule is Cc1cc(Cl)c(CCC(C)(C)CCN)cc1C. The van der Waals surface area contributed by atoms with E-state index in [1.807, 2.05) is 0 Å². The van der Waals surface area contributed by atoms with E-state index in [0.29, 0.717) is 5.41 Å². The summed E-state index contributed by atoms with van der Waals surface area (Å²) in [5.74, 6) is 0. The summed E-state index contributed by atoms with van der Waals surface area (Å²) < 4.78 is 0. The minimum atomic E-state index is 0.302. The fourth-order valence-electron chi connectivity index (χ4n) is 2.02. The first kappa shape index (κ1) is 14.5. The van der Waals surface area contributed by atoms with Crippen LogP contribution in [-0.2, 0) is 6.42 Å². The highest BCUT2D eigenvalue weighted by Gasteiger charge is 2.17. The van der Waals surface area contributed by atoms with Crippen molar-refractivity contribution in [3.63, 3.8) is 0 Å². The van der Waals surface area contributed by atoms with E-state index < -0.39 is 0 Å². The normalized spacial score (nSPS) is 11.9. The van der Waals surface area contributed by atoms with Gasteiger partial charge in [-0.1, -0.05) is 31.5 Å². The molecule has 0 unspecified atom stereocenters. The van der Waals surface area contributed by atoms with E-state index in [2.05, 4.69) is 39.8 Å². The lowest BCUT2D eigenvalue weighted by Gasteiger charge is -2.24. The van der Waals surface area contributed by atoms with Crippen molar-refractivity contribution in [1.29, 1.82) is 0 Å². The van der Waals surface area contributed by atoms with Crippen molar-refractivity contribution >= 4 is 11.6 Å². The maximum absolute atomic E-state index is 6.28. The Morgan fingerprint density at radius 2 is 1.71 bits per heavy atom. The largest absolute Gasteiger partial charge is 0.330 e. The van der Waals surface area contributed by atoms with Gasteiger partial charge in [0.25, 0.3) is 0 Å². The van der Waals surface area contributed by atoms with Crippen molar-refractivity contribution in [2.75, 3.05) is 6.54 Å². The summed E-state index contributed by atoms with van der Waals surface area (Å²) in [7, 11) is 0. The van der Waals surface area contributed by atoms with Crippen molar-refractivity contribution in [3.8, 4) is 0 Å². The molecule has 0 bridgehead atoms. The molecule has 2 heteroatoms. The van der Waals surface area contributed by atoms with Gasteiger partial charge in [-0.3, -0.25) is 0 Å². The molecule has 96 valence electrons. The highest BCUT2D eigenvalue weighted by molar-refractivity contribution is 6.31. The maximum Gasteiger partial charge on any atom is 0.0440 e. The molecule has 0 radical (unpaired) electrons. The smallest absolute Gasteiger partial charge is 0.0440 e. The number of nitrogens with two attached hydrogens (primary N) is 1. The summed E-state index contributed by atoms with van der Waals surface area (Å²) in [6, 6.07) is 4.29. The highest BCUT2D eigenvalue weighted by atomic mass is 35.5. The zero-order chi connectivity index (χ0) is 13.1. The standard InChI is InChI=1S/C15H24ClN/c1-11-9-13(14(16)10-12(11)2)5-6-15(3,4)7-8-17/h9-10H,5-8,17H2,1-4H3. The van der Waals surface area contributed by atoms with Crippen LogP contribution in [0.25, 0.3) is 0 Å². The molecule has 0 aromatic heterocycles. The first-order valence-corrected chi connectivity index (χ1v) is 6.69. The number of hydrogen-bond acceptors (Lipinski definition) is 1. The Morgan fingerprint density at radius 1 is 1.12 bits per heavy atom. The third-order valence-electron chi connectivity index (χ3n) is 3.55. The molecule has 0 amide bonds. The summed E-state index contributed by atoms with van der Waals surface area (Å²) in [5, 5.41) is 0.900. The second-order valence-electron chi connectivity index (χ2n) is 5.73. The third kappa shape index (κ3) is 4.33. The van der Waals surface area contributed by atoms with E-state index in [-0.39, 0.29) is 0 Å². The van der Waals surface area contributed by atoms with Gasteiger partial charge in [0.05, 0.1) is 0 Å². The molecule has 1 aromatic carbocycles. The lowest BCUT2D eigenvalue weighted by Crippen LogP contribution is -2.17. The lowest BCUT2D eigenvalue weighted by molar-refractivity contribution is 0.313. The van der Waals surface area contributed by atoms with Crippen LogP contribution in [-0.4, -0.2) is 6.54 Å². The average molecular weight is 254 g/mol. The molecule has 1 rings (SSSR count). The molecule has 0 spiro atoms. The van der Waals surface area contributed by atoms with Crippen molar-refractivity contribution in [2.24, 2.45) is 11.1 Å². The molecule has 0 aliphatic carbocycles. The Labute approximate surface area is 110 Å². The second kappa shape index (κ2) is 5.88. The Kier molecular flexibility index (Phi) is 5.03. The van der Waals surface area contributed by atoms with Gasteiger partial charge < -0.3 is 5.73 Å². The van der Waals surface area contributed by atoms with Crippen LogP contribution in [0, 0.1) is 19.3 Å². The number of rotatable bonds is 5. The molecule has 0 saturated heterocycles. The molecular weight excluding hydrogens is 230 g/mol. The fraction of sp³-hybridized carbons (Fsp3) is 0.600. The van der Waals surface area contributed by atoms with Gasteiger partial charge in [0.2, 0.25) is 0 Å². The van der Waals surface area contributed by atoms with Crippen LogP contribution in [0.1, 0.15) is 43.4 Å². The fourth-order valence-corrected chi connectivity index (χ4v) is 2.33. The Hall–Kier alpha value is -0.530. The summed E-state index contributed by atoms with van der Waals surface area (Å²) in [6.07, 6.45) is 3.23. The Morgan fingerprint density at radius 3 is 2.29 bits per heavy atom. The quantitative estimate of drug-likeness (QED) is 0.834. The Bertz CT molecular complexity index is 383. The summed E-state index contributed by atoms with van der Waals surface area (Å²) in [6.45, 7) is 9.54. The molecule has 1 nitrogen and oxygen atoms in total.